The van der Waals surface area contributed by atoms with Gasteiger partial charge < -0.3 is 19.8 Å². The van der Waals surface area contributed by atoms with E-state index in [4.69, 9.17) is 16.3 Å². The zero-order chi connectivity index (χ0) is 23.4. The number of aliphatic hydroxyl groups excluding tert-OH is 1. The minimum Gasteiger partial charge on any atom is -0.497 e. The summed E-state index contributed by atoms with van der Waals surface area (Å²) in [6.07, 6.45) is 9.33. The molecule has 0 amide bonds. The topological polar surface area (TPSA) is 82.9 Å². The van der Waals surface area contributed by atoms with E-state index in [-0.39, 0.29) is 0 Å². The summed E-state index contributed by atoms with van der Waals surface area (Å²) in [6, 6.07) is 5.47. The van der Waals surface area contributed by atoms with Crippen molar-refractivity contribution in [1.82, 2.24) is 9.88 Å². The molecule has 0 radical (unpaired) electrons. The molecule has 0 bridgehead atoms. The van der Waals surface area contributed by atoms with Crippen LogP contribution < -0.4 is 4.74 Å². The first-order chi connectivity index (χ1) is 15.9. The zero-order valence-electron chi connectivity index (χ0n) is 19.4. The predicted octanol–water partition coefficient (Wildman–Crippen LogP) is 5.46. The van der Waals surface area contributed by atoms with Gasteiger partial charge in [0.1, 0.15) is 5.75 Å². The van der Waals surface area contributed by atoms with Crippen LogP contribution in [0.25, 0.3) is 10.9 Å². The highest BCUT2D eigenvalue weighted by molar-refractivity contribution is 6.32. The van der Waals surface area contributed by atoms with Crippen molar-refractivity contribution in [1.29, 1.82) is 0 Å². The number of piperidine rings is 1. The van der Waals surface area contributed by atoms with E-state index in [0.29, 0.717) is 42.0 Å². The van der Waals surface area contributed by atoms with Gasteiger partial charge in [0, 0.05) is 17.1 Å². The third-order valence-electron chi connectivity index (χ3n) is 7.89. The van der Waals surface area contributed by atoms with Crippen LogP contribution in [0.3, 0.4) is 0 Å². The van der Waals surface area contributed by atoms with Crippen LogP contribution in [-0.2, 0) is 4.79 Å². The number of aliphatic carboxylic acids is 1. The van der Waals surface area contributed by atoms with E-state index >= 15 is 0 Å². The second kappa shape index (κ2) is 10.6. The second-order valence-corrected chi connectivity index (χ2v) is 10.2. The van der Waals surface area contributed by atoms with Gasteiger partial charge in [-0.25, -0.2) is 0 Å². The first-order valence-corrected chi connectivity index (χ1v) is 12.6. The fourth-order valence-corrected chi connectivity index (χ4v) is 5.91. The van der Waals surface area contributed by atoms with Crippen molar-refractivity contribution in [3.05, 3.63) is 35.0 Å². The van der Waals surface area contributed by atoms with Crippen LogP contribution in [0.2, 0.25) is 5.02 Å². The number of benzene rings is 1. The molecule has 33 heavy (non-hydrogen) atoms. The Morgan fingerprint density at radius 1 is 1.30 bits per heavy atom. The van der Waals surface area contributed by atoms with E-state index in [9.17, 15) is 15.0 Å². The predicted molar refractivity (Wildman–Crippen MR) is 130 cm³/mol. The van der Waals surface area contributed by atoms with Crippen LogP contribution in [0, 0.1) is 11.3 Å². The largest absolute Gasteiger partial charge is 0.497 e. The normalized spacial score (nSPS) is 20.2. The second-order valence-electron chi connectivity index (χ2n) is 9.82. The summed E-state index contributed by atoms with van der Waals surface area (Å²) in [5.74, 6) is 0.759. The van der Waals surface area contributed by atoms with Gasteiger partial charge in [-0.2, -0.15) is 0 Å². The fourth-order valence-electron chi connectivity index (χ4n) is 5.63. The highest BCUT2D eigenvalue weighted by Gasteiger charge is 2.41. The van der Waals surface area contributed by atoms with Gasteiger partial charge in [-0.15, -0.1) is 0 Å². The molecule has 0 unspecified atom stereocenters. The average molecular weight is 475 g/mol. The molecule has 1 saturated heterocycles. The molecule has 1 aliphatic heterocycles. The Bertz CT molecular complexity index is 968. The maximum absolute atomic E-state index is 12.3. The number of fused-ring (bicyclic) bond motifs is 1. The van der Waals surface area contributed by atoms with Crippen molar-refractivity contribution < 1.29 is 19.7 Å². The van der Waals surface area contributed by atoms with Crippen LogP contribution in [0.1, 0.15) is 69.5 Å². The lowest BCUT2D eigenvalue weighted by Crippen LogP contribution is -2.45. The Balaban J connectivity index is 1.41. The maximum Gasteiger partial charge on any atom is 0.309 e. The van der Waals surface area contributed by atoms with Crippen molar-refractivity contribution in [2.45, 2.75) is 63.9 Å². The number of nitrogens with zero attached hydrogens (tertiary/aromatic N) is 2. The lowest BCUT2D eigenvalue weighted by molar-refractivity contribution is -0.153. The number of hydrogen-bond acceptors (Lipinski definition) is 5. The number of pyridine rings is 1. The Hall–Kier alpha value is -1.89. The SMILES string of the molecule is COc1ccc2ncc(Cl)c([C@H](O)CCC3(C(=O)O)CCN(CCC4CCCC4)CC3)c2c1. The monoisotopic (exact) mass is 474 g/mol. The number of aromatic nitrogens is 1. The number of ether oxygens (including phenoxy) is 1. The molecule has 2 N–H and O–H groups in total. The molecular formula is C26H35ClN2O4. The standard InChI is InChI=1S/C26H35ClN2O4/c1-33-19-6-7-22-20(16-19)24(21(27)17-28-22)23(30)8-10-26(25(31)32)11-14-29(15-12-26)13-9-18-4-2-3-5-18/h6-7,16-18,23,30H,2-5,8-15H2,1H3,(H,31,32)/t23-/m1/s1. The van der Waals surface area contributed by atoms with Gasteiger partial charge >= 0.3 is 5.97 Å². The first-order valence-electron chi connectivity index (χ1n) is 12.2. The molecule has 1 saturated carbocycles. The highest BCUT2D eigenvalue weighted by atomic mass is 35.5. The Morgan fingerprint density at radius 2 is 2.03 bits per heavy atom. The van der Waals surface area contributed by atoms with E-state index in [2.05, 4.69) is 9.88 Å². The van der Waals surface area contributed by atoms with Crippen molar-refractivity contribution >= 4 is 28.5 Å². The summed E-state index contributed by atoms with van der Waals surface area (Å²) in [4.78, 5) is 19.1. The number of carboxylic acid groups (broad SMARTS) is 1. The van der Waals surface area contributed by atoms with Crippen molar-refractivity contribution in [3.8, 4) is 5.75 Å². The van der Waals surface area contributed by atoms with Crippen molar-refractivity contribution in [2.24, 2.45) is 11.3 Å². The number of carboxylic acids is 1. The average Bonchev–Trinajstić information content (AvgIpc) is 3.35. The van der Waals surface area contributed by atoms with Crippen LogP contribution >= 0.6 is 11.6 Å². The number of methoxy groups -OCH3 is 1. The summed E-state index contributed by atoms with van der Waals surface area (Å²) >= 11 is 6.43. The molecule has 2 aliphatic rings. The minimum atomic E-state index is -0.869. The molecule has 180 valence electrons. The van der Waals surface area contributed by atoms with Crippen LogP contribution in [0.4, 0.5) is 0 Å². The maximum atomic E-state index is 12.3. The smallest absolute Gasteiger partial charge is 0.309 e. The molecule has 2 aromatic rings. The van der Waals surface area contributed by atoms with Gasteiger partial charge in [-0.05, 0) is 75.9 Å². The van der Waals surface area contributed by atoms with E-state index in [0.717, 1.165) is 36.5 Å². The molecule has 6 nitrogen and oxygen atoms in total. The summed E-state index contributed by atoms with van der Waals surface area (Å²) in [6.45, 7) is 2.69. The van der Waals surface area contributed by atoms with Crippen LogP contribution in [0.15, 0.2) is 24.4 Å². The first kappa shape index (κ1) is 24.2. The number of aliphatic hydroxyl groups is 1. The molecule has 1 aromatic carbocycles. The summed E-state index contributed by atoms with van der Waals surface area (Å²) in [5.41, 5.74) is 0.519. The van der Waals surface area contributed by atoms with E-state index in [1.807, 2.05) is 18.2 Å². The quantitative estimate of drug-likeness (QED) is 0.502. The van der Waals surface area contributed by atoms with Crippen LogP contribution in [0.5, 0.6) is 5.75 Å². The summed E-state index contributed by atoms with van der Waals surface area (Å²) in [5, 5.41) is 22.3. The third-order valence-corrected chi connectivity index (χ3v) is 8.19. The van der Waals surface area contributed by atoms with Gasteiger partial charge in [0.15, 0.2) is 0 Å². The molecule has 1 atom stereocenters. The number of halogens is 1. The van der Waals surface area contributed by atoms with Crippen molar-refractivity contribution in [2.75, 3.05) is 26.7 Å². The molecule has 4 rings (SSSR count). The minimum absolute atomic E-state index is 0.338. The Labute approximate surface area is 200 Å². The number of carbonyl (C=O) groups is 1. The summed E-state index contributed by atoms with van der Waals surface area (Å²) in [7, 11) is 1.59. The van der Waals surface area contributed by atoms with Gasteiger partial charge in [0.05, 0.1) is 29.2 Å². The molecule has 2 heterocycles. The number of hydrogen-bond donors (Lipinski definition) is 2. The lowest BCUT2D eigenvalue weighted by Gasteiger charge is -2.39. The fraction of sp³-hybridized carbons (Fsp3) is 0.615. The lowest BCUT2D eigenvalue weighted by atomic mass is 9.74. The molecule has 0 spiro atoms. The van der Waals surface area contributed by atoms with Gasteiger partial charge in [0.25, 0.3) is 0 Å². The molecule has 1 aromatic heterocycles. The number of likely N-dealkylation sites (tertiary alicyclic amines) is 1. The van der Waals surface area contributed by atoms with Gasteiger partial charge in [0.2, 0.25) is 0 Å². The van der Waals surface area contributed by atoms with Gasteiger partial charge in [-0.1, -0.05) is 37.3 Å². The van der Waals surface area contributed by atoms with E-state index < -0.39 is 17.5 Å². The molecule has 2 fully saturated rings. The molecule has 1 aliphatic carbocycles. The third kappa shape index (κ3) is 5.44. The molecular weight excluding hydrogens is 440 g/mol. The highest BCUT2D eigenvalue weighted by Crippen LogP contribution is 2.41. The number of rotatable bonds is 9. The van der Waals surface area contributed by atoms with E-state index in [1.54, 1.807) is 13.3 Å². The van der Waals surface area contributed by atoms with Crippen LogP contribution in [-0.4, -0.2) is 52.8 Å². The van der Waals surface area contributed by atoms with Crippen molar-refractivity contribution in [3.63, 3.8) is 0 Å². The zero-order valence-corrected chi connectivity index (χ0v) is 20.2. The Kier molecular flexibility index (Phi) is 7.77. The Morgan fingerprint density at radius 3 is 2.70 bits per heavy atom. The molecule has 7 heteroatoms. The van der Waals surface area contributed by atoms with Gasteiger partial charge in [-0.3, -0.25) is 9.78 Å². The summed E-state index contributed by atoms with van der Waals surface area (Å²) < 4.78 is 5.33. The van der Waals surface area contributed by atoms with E-state index in [1.165, 1.54) is 32.1 Å².